The van der Waals surface area contributed by atoms with Gasteiger partial charge in [-0.1, -0.05) is 24.3 Å². The summed E-state index contributed by atoms with van der Waals surface area (Å²) in [5.41, 5.74) is 1.90. The van der Waals surface area contributed by atoms with Gasteiger partial charge in [-0.3, -0.25) is 4.79 Å². The van der Waals surface area contributed by atoms with Crippen molar-refractivity contribution in [2.45, 2.75) is 31.7 Å². The predicted octanol–water partition coefficient (Wildman–Crippen LogP) is 2.62. The van der Waals surface area contributed by atoms with E-state index in [9.17, 15) is 13.6 Å². The van der Waals surface area contributed by atoms with Gasteiger partial charge in [0, 0.05) is 19.0 Å². The molecule has 1 aromatic rings. The molecule has 104 valence electrons. The Labute approximate surface area is 110 Å². The quantitative estimate of drug-likeness (QED) is 0.864. The van der Waals surface area contributed by atoms with Gasteiger partial charge >= 0.3 is 5.97 Å². The Morgan fingerprint density at radius 3 is 2.58 bits per heavy atom. The first-order chi connectivity index (χ1) is 9.06. The van der Waals surface area contributed by atoms with E-state index in [1.165, 1.54) is 0 Å². The zero-order chi connectivity index (χ0) is 13.8. The molecule has 1 heterocycles. The van der Waals surface area contributed by atoms with E-state index >= 15 is 0 Å². The molecule has 0 radical (unpaired) electrons. The van der Waals surface area contributed by atoms with Crippen molar-refractivity contribution in [2.75, 3.05) is 6.54 Å². The molecule has 1 aliphatic rings. The van der Waals surface area contributed by atoms with Crippen molar-refractivity contribution in [3.63, 3.8) is 0 Å². The average molecular weight is 269 g/mol. The Hall–Kier alpha value is -1.49. The van der Waals surface area contributed by atoms with E-state index in [2.05, 4.69) is 5.32 Å². The number of aryl methyl sites for hydroxylation is 1. The van der Waals surface area contributed by atoms with Gasteiger partial charge in [0.05, 0.1) is 5.92 Å². The summed E-state index contributed by atoms with van der Waals surface area (Å²) >= 11 is 0. The number of hydrogen-bond acceptors (Lipinski definition) is 2. The number of carboxylic acid groups (broad SMARTS) is 1. The lowest BCUT2D eigenvalue weighted by Crippen LogP contribution is -2.17. The fraction of sp³-hybridized carbons (Fsp3) is 0.500. The van der Waals surface area contributed by atoms with Crippen LogP contribution in [0.2, 0.25) is 0 Å². The Morgan fingerprint density at radius 1 is 1.37 bits per heavy atom. The molecule has 0 saturated carbocycles. The number of carboxylic acids is 1. The van der Waals surface area contributed by atoms with E-state index < -0.39 is 12.4 Å². The van der Waals surface area contributed by atoms with Gasteiger partial charge in [0.15, 0.2) is 0 Å². The number of nitrogens with one attached hydrogen (secondary N) is 1. The molecule has 2 rings (SSSR count). The summed E-state index contributed by atoms with van der Waals surface area (Å²) in [6, 6.07) is 7.51. The Balaban J connectivity index is 1.93. The normalized spacial score (nSPS) is 22.9. The molecule has 0 amide bonds. The molecular weight excluding hydrogens is 252 g/mol. The van der Waals surface area contributed by atoms with E-state index in [-0.39, 0.29) is 18.4 Å². The van der Waals surface area contributed by atoms with Crippen LogP contribution in [0.25, 0.3) is 0 Å². The highest BCUT2D eigenvalue weighted by molar-refractivity contribution is 5.70. The van der Waals surface area contributed by atoms with Crippen molar-refractivity contribution in [1.29, 1.82) is 0 Å². The molecular formula is C14H17F2NO2. The van der Waals surface area contributed by atoms with Crippen LogP contribution in [-0.4, -0.2) is 24.0 Å². The maximum Gasteiger partial charge on any atom is 0.307 e. The molecule has 0 aromatic heterocycles. The van der Waals surface area contributed by atoms with E-state index in [4.69, 9.17) is 5.11 Å². The zero-order valence-electron chi connectivity index (χ0n) is 10.5. The van der Waals surface area contributed by atoms with E-state index in [0.717, 1.165) is 11.1 Å². The van der Waals surface area contributed by atoms with Crippen LogP contribution in [0.3, 0.4) is 0 Å². The molecule has 1 aromatic carbocycles. The zero-order valence-corrected chi connectivity index (χ0v) is 10.5. The lowest BCUT2D eigenvalue weighted by Gasteiger charge is -2.11. The summed E-state index contributed by atoms with van der Waals surface area (Å²) in [7, 11) is 0. The molecule has 0 bridgehead atoms. The first-order valence-corrected chi connectivity index (χ1v) is 6.39. The summed E-state index contributed by atoms with van der Waals surface area (Å²) in [6.07, 6.45) is -1.45. The minimum absolute atomic E-state index is 0.0465. The van der Waals surface area contributed by atoms with Gasteiger partial charge in [-0.15, -0.1) is 0 Å². The van der Waals surface area contributed by atoms with Crippen molar-refractivity contribution in [3.05, 3.63) is 35.4 Å². The largest absolute Gasteiger partial charge is 0.481 e. The van der Waals surface area contributed by atoms with Gasteiger partial charge in [-0.25, -0.2) is 8.78 Å². The first-order valence-electron chi connectivity index (χ1n) is 6.39. The summed E-state index contributed by atoms with van der Waals surface area (Å²) < 4.78 is 24.2. The molecule has 1 saturated heterocycles. The lowest BCUT2D eigenvalue weighted by molar-refractivity contribution is -0.141. The van der Waals surface area contributed by atoms with Crippen LogP contribution in [0, 0.1) is 5.92 Å². The van der Waals surface area contributed by atoms with Crippen molar-refractivity contribution < 1.29 is 18.7 Å². The maximum absolute atomic E-state index is 12.1. The second-order valence-corrected chi connectivity index (χ2v) is 4.90. The molecule has 1 aliphatic heterocycles. The SMILES string of the molecule is O=C(O)C1CNC(c2ccc(CCC(F)F)cc2)C1. The number of hydrogen-bond donors (Lipinski definition) is 2. The molecule has 3 nitrogen and oxygen atoms in total. The summed E-state index contributed by atoms with van der Waals surface area (Å²) in [5, 5.41) is 12.1. The summed E-state index contributed by atoms with van der Waals surface area (Å²) in [6.45, 7) is 0.479. The smallest absolute Gasteiger partial charge is 0.307 e. The average Bonchev–Trinajstić information content (AvgIpc) is 2.86. The third-order valence-electron chi connectivity index (χ3n) is 3.51. The monoisotopic (exact) mass is 269 g/mol. The predicted molar refractivity (Wildman–Crippen MR) is 67.3 cm³/mol. The van der Waals surface area contributed by atoms with Gasteiger partial charge in [0.1, 0.15) is 0 Å². The third-order valence-corrected chi connectivity index (χ3v) is 3.51. The van der Waals surface area contributed by atoms with Gasteiger partial charge in [-0.2, -0.15) is 0 Å². The molecule has 2 N–H and O–H groups in total. The summed E-state index contributed by atoms with van der Waals surface area (Å²) in [4.78, 5) is 10.9. The topological polar surface area (TPSA) is 49.3 Å². The number of benzene rings is 1. The number of rotatable bonds is 5. The van der Waals surface area contributed by atoms with E-state index in [1.807, 2.05) is 24.3 Å². The molecule has 0 aliphatic carbocycles. The first kappa shape index (κ1) is 13.9. The van der Waals surface area contributed by atoms with Gasteiger partial charge in [0.25, 0.3) is 0 Å². The molecule has 19 heavy (non-hydrogen) atoms. The number of halogens is 2. The molecule has 5 heteroatoms. The number of aliphatic carboxylic acids is 1. The number of carbonyl (C=O) groups is 1. The second-order valence-electron chi connectivity index (χ2n) is 4.90. The second kappa shape index (κ2) is 6.10. The highest BCUT2D eigenvalue weighted by Crippen LogP contribution is 2.27. The van der Waals surface area contributed by atoms with Crippen LogP contribution in [0.5, 0.6) is 0 Å². The molecule has 1 fully saturated rings. The lowest BCUT2D eigenvalue weighted by atomic mass is 9.98. The standard InChI is InChI=1S/C14H17F2NO2/c15-13(16)6-3-9-1-4-10(5-2-9)12-7-11(8-17-12)14(18)19/h1-2,4-5,11-13,17H,3,6-8H2,(H,18,19). The van der Waals surface area contributed by atoms with Crippen LogP contribution >= 0.6 is 0 Å². The van der Waals surface area contributed by atoms with Crippen molar-refractivity contribution in [2.24, 2.45) is 5.92 Å². The highest BCUT2D eigenvalue weighted by atomic mass is 19.3. The Morgan fingerprint density at radius 2 is 2.05 bits per heavy atom. The van der Waals surface area contributed by atoms with Crippen LogP contribution in [0.1, 0.15) is 30.0 Å². The van der Waals surface area contributed by atoms with Gasteiger partial charge in [0.2, 0.25) is 6.43 Å². The summed E-state index contributed by atoms with van der Waals surface area (Å²) in [5.74, 6) is -1.12. The fourth-order valence-electron chi connectivity index (χ4n) is 2.37. The van der Waals surface area contributed by atoms with Crippen LogP contribution < -0.4 is 5.32 Å². The van der Waals surface area contributed by atoms with Gasteiger partial charge in [-0.05, 0) is 24.0 Å². The van der Waals surface area contributed by atoms with E-state index in [1.54, 1.807) is 0 Å². The van der Waals surface area contributed by atoms with Crippen molar-refractivity contribution in [1.82, 2.24) is 5.32 Å². The fourth-order valence-corrected chi connectivity index (χ4v) is 2.37. The van der Waals surface area contributed by atoms with E-state index in [0.29, 0.717) is 19.4 Å². The Kier molecular flexibility index (Phi) is 4.47. The van der Waals surface area contributed by atoms with Crippen LogP contribution in [-0.2, 0) is 11.2 Å². The van der Waals surface area contributed by atoms with Crippen LogP contribution in [0.15, 0.2) is 24.3 Å². The number of alkyl halides is 2. The molecule has 2 unspecified atom stereocenters. The maximum atomic E-state index is 12.1. The van der Waals surface area contributed by atoms with Crippen molar-refractivity contribution in [3.8, 4) is 0 Å². The molecule has 2 atom stereocenters. The Bertz CT molecular complexity index is 434. The minimum atomic E-state index is -2.27. The third kappa shape index (κ3) is 3.73. The minimum Gasteiger partial charge on any atom is -0.481 e. The van der Waals surface area contributed by atoms with Crippen LogP contribution in [0.4, 0.5) is 8.78 Å². The van der Waals surface area contributed by atoms with Crippen molar-refractivity contribution >= 4 is 5.97 Å². The van der Waals surface area contributed by atoms with Gasteiger partial charge < -0.3 is 10.4 Å². The molecule has 0 spiro atoms. The highest BCUT2D eigenvalue weighted by Gasteiger charge is 2.29.